The van der Waals surface area contributed by atoms with E-state index in [9.17, 15) is 18.4 Å². The van der Waals surface area contributed by atoms with Gasteiger partial charge in [0.25, 0.3) is 0 Å². The lowest BCUT2D eigenvalue weighted by Crippen LogP contribution is -2.24. The van der Waals surface area contributed by atoms with Crippen molar-refractivity contribution in [2.75, 3.05) is 13.2 Å². The number of hydrogen-bond acceptors (Lipinski definition) is 5. The number of alkyl halides is 3. The van der Waals surface area contributed by atoms with Crippen LogP contribution in [-0.2, 0) is 21.7 Å². The molecule has 0 bridgehead atoms. The van der Waals surface area contributed by atoms with E-state index in [1.807, 2.05) is 6.07 Å². The summed E-state index contributed by atoms with van der Waals surface area (Å²) in [4.78, 5) is 0.0535. The number of nitriles is 1. The highest BCUT2D eigenvalue weighted by atomic mass is 32.2. The molecule has 0 saturated carbocycles. The van der Waals surface area contributed by atoms with Gasteiger partial charge in [-0.2, -0.15) is 18.4 Å². The molecule has 1 fully saturated rings. The molecule has 4 nitrogen and oxygen atoms in total. The zero-order chi connectivity index (χ0) is 19.1. The Balaban J connectivity index is 1.80. The summed E-state index contributed by atoms with van der Waals surface area (Å²) in [6, 6.07) is 11.6. The van der Waals surface area contributed by atoms with Crippen molar-refractivity contribution in [3.8, 4) is 17.6 Å². The summed E-state index contributed by atoms with van der Waals surface area (Å²) in [7, 11) is 0. The fraction of sp³-hybridized carbons (Fsp3) is 0.316. The van der Waals surface area contributed by atoms with Crippen LogP contribution < -0.4 is 4.74 Å². The third kappa shape index (κ3) is 3.38. The van der Waals surface area contributed by atoms with Crippen molar-refractivity contribution in [1.82, 2.24) is 0 Å². The Kier molecular flexibility index (Phi) is 4.54. The summed E-state index contributed by atoms with van der Waals surface area (Å²) in [5.74, 6) is -0.389. The van der Waals surface area contributed by atoms with Crippen LogP contribution in [-0.4, -0.2) is 18.7 Å². The molecule has 1 saturated heterocycles. The lowest BCUT2D eigenvalue weighted by molar-refractivity contribution is -0.164. The van der Waals surface area contributed by atoms with E-state index >= 15 is 0 Å². The molecular formula is C19H14F3NO3S. The summed E-state index contributed by atoms with van der Waals surface area (Å²) in [6.07, 6.45) is 0.889. The number of hydrogen-bond donors (Lipinski definition) is 0. The monoisotopic (exact) mass is 393 g/mol. The average molecular weight is 393 g/mol. The van der Waals surface area contributed by atoms with Gasteiger partial charge in [-0.1, -0.05) is 12.1 Å². The number of ether oxygens (including phenoxy) is 3. The first-order valence-corrected chi connectivity index (χ1v) is 9.10. The van der Waals surface area contributed by atoms with Crippen LogP contribution in [0.15, 0.2) is 41.3 Å². The van der Waals surface area contributed by atoms with Crippen molar-refractivity contribution >= 4 is 11.8 Å². The number of para-hydroxylation sites is 1. The molecule has 0 atom stereocenters. The Morgan fingerprint density at radius 3 is 2.52 bits per heavy atom. The lowest BCUT2D eigenvalue weighted by atomic mass is 10.1. The highest BCUT2D eigenvalue weighted by molar-refractivity contribution is 8.00. The van der Waals surface area contributed by atoms with Crippen LogP contribution in [0.3, 0.4) is 0 Å². The number of fused-ring (bicyclic) bond motifs is 2. The van der Waals surface area contributed by atoms with Crippen LogP contribution in [0.1, 0.15) is 23.1 Å². The van der Waals surface area contributed by atoms with Gasteiger partial charge in [0.15, 0.2) is 5.79 Å². The first kappa shape index (κ1) is 18.2. The molecule has 2 aliphatic rings. The Morgan fingerprint density at radius 2 is 1.81 bits per heavy atom. The second-order valence-corrected chi connectivity index (χ2v) is 7.23. The second kappa shape index (κ2) is 6.75. The first-order chi connectivity index (χ1) is 12.9. The number of thioether (sulfide) groups is 1. The Labute approximate surface area is 157 Å². The molecular weight excluding hydrogens is 379 g/mol. The topological polar surface area (TPSA) is 51.5 Å². The van der Waals surface area contributed by atoms with Gasteiger partial charge in [-0.25, -0.2) is 0 Å². The summed E-state index contributed by atoms with van der Waals surface area (Å²) in [5, 5.41) is 9.23. The summed E-state index contributed by atoms with van der Waals surface area (Å²) in [6.45, 7) is 0.663. The molecule has 0 radical (unpaired) electrons. The minimum Gasteiger partial charge on any atom is -0.456 e. The van der Waals surface area contributed by atoms with Crippen molar-refractivity contribution in [3.05, 3.63) is 53.1 Å². The summed E-state index contributed by atoms with van der Waals surface area (Å²) in [5.41, 5.74) is -3.07. The first-order valence-electron chi connectivity index (χ1n) is 8.29. The van der Waals surface area contributed by atoms with Gasteiger partial charge in [-0.15, -0.1) is 0 Å². The van der Waals surface area contributed by atoms with Crippen molar-refractivity contribution < 1.29 is 27.4 Å². The van der Waals surface area contributed by atoms with E-state index in [0.29, 0.717) is 54.2 Å². The molecule has 0 unspecified atom stereocenters. The van der Waals surface area contributed by atoms with E-state index in [2.05, 4.69) is 0 Å². The van der Waals surface area contributed by atoms with E-state index in [-0.39, 0.29) is 16.7 Å². The number of halogens is 3. The molecule has 0 aromatic heterocycles. The minimum absolute atomic E-state index is 0.0535. The smallest absolute Gasteiger partial charge is 0.446 e. The van der Waals surface area contributed by atoms with Crippen molar-refractivity contribution in [2.24, 2.45) is 0 Å². The van der Waals surface area contributed by atoms with Crippen LogP contribution in [0.5, 0.6) is 11.5 Å². The lowest BCUT2D eigenvalue weighted by Gasteiger charge is -2.26. The van der Waals surface area contributed by atoms with Gasteiger partial charge in [0.05, 0.1) is 18.8 Å². The van der Waals surface area contributed by atoms with Gasteiger partial charge in [-0.05, 0) is 42.4 Å². The highest BCUT2D eigenvalue weighted by Crippen LogP contribution is 2.53. The van der Waals surface area contributed by atoms with Crippen molar-refractivity contribution in [2.45, 2.75) is 29.0 Å². The third-order valence-corrected chi connectivity index (χ3v) is 5.32. The molecule has 8 heteroatoms. The Bertz CT molecular complexity index is 917. The Hall–Kier alpha value is -2.21. The van der Waals surface area contributed by atoms with E-state index in [0.717, 1.165) is 0 Å². The molecule has 0 amide bonds. The zero-order valence-electron chi connectivity index (χ0n) is 14.0. The standard InChI is InChI=1S/C19H14F3NO3S/c20-19(21,22)27-16-6-5-15(26-14-4-2-1-3-12(14)11-23)13-7-8-18(17(13)16)24-9-10-25-18/h1-6H,7-10H2. The van der Waals surface area contributed by atoms with Gasteiger partial charge in [0.2, 0.25) is 0 Å². The van der Waals surface area contributed by atoms with E-state index in [4.69, 9.17) is 14.2 Å². The average Bonchev–Trinajstić information content (AvgIpc) is 3.25. The third-order valence-electron chi connectivity index (χ3n) is 4.52. The summed E-state index contributed by atoms with van der Waals surface area (Å²) < 4.78 is 56.5. The molecule has 140 valence electrons. The van der Waals surface area contributed by atoms with E-state index < -0.39 is 11.3 Å². The van der Waals surface area contributed by atoms with Gasteiger partial charge in [0.1, 0.15) is 17.6 Å². The Morgan fingerprint density at radius 1 is 1.07 bits per heavy atom. The number of benzene rings is 2. The van der Waals surface area contributed by atoms with Crippen LogP contribution in [0.4, 0.5) is 13.2 Å². The fourth-order valence-electron chi connectivity index (χ4n) is 3.50. The molecule has 2 aromatic carbocycles. The van der Waals surface area contributed by atoms with E-state index in [1.165, 1.54) is 12.1 Å². The van der Waals surface area contributed by atoms with Crippen molar-refractivity contribution in [3.63, 3.8) is 0 Å². The van der Waals surface area contributed by atoms with Crippen LogP contribution >= 0.6 is 11.8 Å². The number of rotatable bonds is 3. The maximum absolute atomic E-state index is 13.0. The molecule has 1 heterocycles. The second-order valence-electron chi connectivity index (χ2n) is 6.12. The van der Waals surface area contributed by atoms with E-state index in [1.54, 1.807) is 24.3 Å². The molecule has 1 spiro atoms. The van der Waals surface area contributed by atoms with Crippen LogP contribution in [0, 0.1) is 11.3 Å². The minimum atomic E-state index is -4.42. The predicted molar refractivity (Wildman–Crippen MR) is 91.5 cm³/mol. The molecule has 4 rings (SSSR count). The van der Waals surface area contributed by atoms with Gasteiger partial charge in [0, 0.05) is 22.4 Å². The quantitative estimate of drug-likeness (QED) is 0.679. The maximum Gasteiger partial charge on any atom is 0.446 e. The van der Waals surface area contributed by atoms with Gasteiger partial charge >= 0.3 is 5.51 Å². The maximum atomic E-state index is 13.0. The fourth-order valence-corrected chi connectivity index (χ4v) is 4.27. The predicted octanol–water partition coefficient (Wildman–Crippen LogP) is 5.11. The zero-order valence-corrected chi connectivity index (χ0v) is 14.8. The normalized spacial score (nSPS) is 17.7. The molecule has 27 heavy (non-hydrogen) atoms. The van der Waals surface area contributed by atoms with Crippen LogP contribution in [0.25, 0.3) is 0 Å². The highest BCUT2D eigenvalue weighted by Gasteiger charge is 2.48. The molecule has 0 N–H and O–H groups in total. The molecule has 2 aromatic rings. The van der Waals surface area contributed by atoms with Gasteiger partial charge in [-0.3, -0.25) is 0 Å². The van der Waals surface area contributed by atoms with Gasteiger partial charge < -0.3 is 14.2 Å². The molecule has 1 aliphatic heterocycles. The summed E-state index contributed by atoms with van der Waals surface area (Å²) >= 11 is -0.178. The number of nitrogens with zero attached hydrogens (tertiary/aromatic N) is 1. The SMILES string of the molecule is N#Cc1ccccc1Oc1ccc(SC(F)(F)F)c2c1CCC21OCCO1. The van der Waals surface area contributed by atoms with Crippen molar-refractivity contribution in [1.29, 1.82) is 5.26 Å². The molecule has 1 aliphatic carbocycles. The van der Waals surface area contributed by atoms with Crippen LogP contribution in [0.2, 0.25) is 0 Å². The largest absolute Gasteiger partial charge is 0.456 e.